The molecule has 0 atom stereocenters. The van der Waals surface area contributed by atoms with E-state index in [2.05, 4.69) is 27.7 Å². The van der Waals surface area contributed by atoms with Crippen molar-refractivity contribution in [2.24, 2.45) is 0 Å². The lowest BCUT2D eigenvalue weighted by atomic mass is 10.6. The molecular formula is C10H24OS2. The standard InChI is InChI=1S/C6H14S2.C4H10O/c1-5(2)7-8-6(3)4;1-3-5-4-2/h5-6H,1-4H3;3-4H2,1-2H3. The summed E-state index contributed by atoms with van der Waals surface area (Å²) in [7, 11) is 3.91. The van der Waals surface area contributed by atoms with Gasteiger partial charge in [0.2, 0.25) is 0 Å². The number of rotatable bonds is 5. The molecule has 0 aliphatic rings. The Morgan fingerprint density at radius 1 is 0.846 bits per heavy atom. The second-order valence-electron chi connectivity index (χ2n) is 3.07. The Labute approximate surface area is 91.8 Å². The monoisotopic (exact) mass is 224 g/mol. The first-order chi connectivity index (χ1) is 6.04. The van der Waals surface area contributed by atoms with Gasteiger partial charge in [-0.3, -0.25) is 0 Å². The van der Waals surface area contributed by atoms with Crippen LogP contribution >= 0.6 is 21.6 Å². The molecule has 0 rings (SSSR count). The molecule has 0 fully saturated rings. The molecule has 0 aliphatic heterocycles. The van der Waals surface area contributed by atoms with Gasteiger partial charge in [-0.1, -0.05) is 49.3 Å². The third-order valence-corrected chi connectivity index (χ3v) is 4.37. The average Bonchev–Trinajstić information content (AvgIpc) is 2.03. The second kappa shape index (κ2) is 12.7. The van der Waals surface area contributed by atoms with E-state index in [1.807, 2.05) is 35.4 Å². The van der Waals surface area contributed by atoms with E-state index in [4.69, 9.17) is 4.74 Å². The van der Waals surface area contributed by atoms with E-state index in [0.717, 1.165) is 23.7 Å². The maximum absolute atomic E-state index is 4.83. The quantitative estimate of drug-likeness (QED) is 0.647. The fourth-order valence-electron chi connectivity index (χ4n) is 0.426. The Morgan fingerprint density at radius 3 is 1.23 bits per heavy atom. The minimum absolute atomic E-state index is 0.766. The summed E-state index contributed by atoms with van der Waals surface area (Å²) in [6, 6.07) is 0. The first kappa shape index (κ1) is 16.1. The van der Waals surface area contributed by atoms with Crippen LogP contribution in [0.5, 0.6) is 0 Å². The zero-order valence-electron chi connectivity index (χ0n) is 9.79. The minimum atomic E-state index is 0.766. The van der Waals surface area contributed by atoms with Crippen molar-refractivity contribution < 1.29 is 4.74 Å². The second-order valence-corrected chi connectivity index (χ2v) is 6.50. The van der Waals surface area contributed by atoms with Gasteiger partial charge < -0.3 is 4.74 Å². The fraction of sp³-hybridized carbons (Fsp3) is 1.00. The minimum Gasteiger partial charge on any atom is -0.382 e. The Kier molecular flexibility index (Phi) is 15.7. The van der Waals surface area contributed by atoms with Crippen LogP contribution in [0.1, 0.15) is 41.5 Å². The highest BCUT2D eigenvalue weighted by atomic mass is 33.1. The molecule has 0 unspecified atom stereocenters. The molecule has 0 N–H and O–H groups in total. The Balaban J connectivity index is 0. The summed E-state index contributed by atoms with van der Waals surface area (Å²) in [4.78, 5) is 0. The molecule has 0 amide bonds. The molecule has 3 heteroatoms. The van der Waals surface area contributed by atoms with Crippen molar-refractivity contribution in [2.45, 2.75) is 52.0 Å². The van der Waals surface area contributed by atoms with Gasteiger partial charge in [0, 0.05) is 23.7 Å². The van der Waals surface area contributed by atoms with Gasteiger partial charge in [0.1, 0.15) is 0 Å². The topological polar surface area (TPSA) is 9.23 Å². The largest absolute Gasteiger partial charge is 0.382 e. The van der Waals surface area contributed by atoms with Crippen LogP contribution in [-0.4, -0.2) is 23.7 Å². The average molecular weight is 224 g/mol. The molecule has 0 aromatic heterocycles. The molecule has 0 saturated heterocycles. The first-order valence-corrected chi connectivity index (χ1v) is 7.22. The van der Waals surface area contributed by atoms with E-state index in [9.17, 15) is 0 Å². The summed E-state index contributed by atoms with van der Waals surface area (Å²) in [6.45, 7) is 14.6. The Hall–Kier alpha value is 0.660. The van der Waals surface area contributed by atoms with Crippen LogP contribution in [0.15, 0.2) is 0 Å². The van der Waals surface area contributed by atoms with Gasteiger partial charge in [-0.05, 0) is 13.8 Å². The van der Waals surface area contributed by atoms with Crippen LogP contribution in [0.3, 0.4) is 0 Å². The molecule has 0 aliphatic carbocycles. The van der Waals surface area contributed by atoms with E-state index < -0.39 is 0 Å². The van der Waals surface area contributed by atoms with Gasteiger partial charge in [0.25, 0.3) is 0 Å². The lowest BCUT2D eigenvalue weighted by molar-refractivity contribution is 0.162. The molecule has 0 saturated carbocycles. The lowest BCUT2D eigenvalue weighted by Gasteiger charge is -2.04. The van der Waals surface area contributed by atoms with Crippen molar-refractivity contribution in [2.75, 3.05) is 13.2 Å². The first-order valence-electron chi connectivity index (χ1n) is 4.94. The van der Waals surface area contributed by atoms with E-state index in [0.29, 0.717) is 0 Å². The molecule has 0 spiro atoms. The molecule has 0 aromatic carbocycles. The van der Waals surface area contributed by atoms with Crippen molar-refractivity contribution in [1.29, 1.82) is 0 Å². The molecular weight excluding hydrogens is 200 g/mol. The summed E-state index contributed by atoms with van der Waals surface area (Å²) < 4.78 is 4.83. The predicted octanol–water partition coefficient (Wildman–Crippen LogP) is 4.23. The highest BCUT2D eigenvalue weighted by Crippen LogP contribution is 2.29. The summed E-state index contributed by atoms with van der Waals surface area (Å²) in [6.07, 6.45) is 0. The van der Waals surface area contributed by atoms with Crippen molar-refractivity contribution in [3.05, 3.63) is 0 Å². The SMILES string of the molecule is CC(C)SSC(C)C.CCOCC. The third kappa shape index (κ3) is 24.5. The Bertz CT molecular complexity index is 75.0. The van der Waals surface area contributed by atoms with Crippen molar-refractivity contribution in [3.63, 3.8) is 0 Å². The maximum atomic E-state index is 4.83. The Morgan fingerprint density at radius 2 is 1.15 bits per heavy atom. The van der Waals surface area contributed by atoms with Gasteiger partial charge in [-0.2, -0.15) is 0 Å². The highest BCUT2D eigenvalue weighted by Gasteiger charge is 1.96. The lowest BCUT2D eigenvalue weighted by Crippen LogP contribution is -1.86. The van der Waals surface area contributed by atoms with Gasteiger partial charge in [-0.15, -0.1) is 0 Å². The van der Waals surface area contributed by atoms with E-state index >= 15 is 0 Å². The van der Waals surface area contributed by atoms with E-state index in [1.165, 1.54) is 0 Å². The molecule has 13 heavy (non-hydrogen) atoms. The maximum Gasteiger partial charge on any atom is 0.0437 e. The molecule has 1 nitrogen and oxygen atoms in total. The fourth-order valence-corrected chi connectivity index (χ4v) is 2.20. The highest BCUT2D eigenvalue weighted by molar-refractivity contribution is 8.77. The van der Waals surface area contributed by atoms with Gasteiger partial charge >= 0.3 is 0 Å². The van der Waals surface area contributed by atoms with Crippen LogP contribution in [0.25, 0.3) is 0 Å². The molecule has 0 radical (unpaired) electrons. The zero-order chi connectivity index (χ0) is 10.7. The van der Waals surface area contributed by atoms with Crippen LogP contribution < -0.4 is 0 Å². The summed E-state index contributed by atoms with van der Waals surface area (Å²) in [5, 5.41) is 1.53. The van der Waals surface area contributed by atoms with Crippen LogP contribution in [0.2, 0.25) is 0 Å². The molecule has 0 bridgehead atoms. The van der Waals surface area contributed by atoms with Crippen molar-refractivity contribution in [3.8, 4) is 0 Å². The number of hydrogen-bond donors (Lipinski definition) is 0. The summed E-state index contributed by atoms with van der Waals surface area (Å²) in [5.74, 6) is 0. The zero-order valence-corrected chi connectivity index (χ0v) is 11.4. The molecule has 82 valence electrons. The van der Waals surface area contributed by atoms with Crippen LogP contribution in [-0.2, 0) is 4.74 Å². The van der Waals surface area contributed by atoms with Gasteiger partial charge in [0.15, 0.2) is 0 Å². The smallest absolute Gasteiger partial charge is 0.0437 e. The molecule has 0 heterocycles. The molecule has 0 aromatic rings. The normalized spacial score (nSPS) is 10.2. The number of hydrogen-bond acceptors (Lipinski definition) is 3. The van der Waals surface area contributed by atoms with Crippen LogP contribution in [0, 0.1) is 0 Å². The van der Waals surface area contributed by atoms with Crippen molar-refractivity contribution >= 4 is 21.6 Å². The van der Waals surface area contributed by atoms with Gasteiger partial charge in [-0.25, -0.2) is 0 Å². The predicted molar refractivity (Wildman–Crippen MR) is 67.6 cm³/mol. The van der Waals surface area contributed by atoms with E-state index in [-0.39, 0.29) is 0 Å². The number of ether oxygens (including phenoxy) is 1. The summed E-state index contributed by atoms with van der Waals surface area (Å²) >= 11 is 0. The van der Waals surface area contributed by atoms with Crippen molar-refractivity contribution in [1.82, 2.24) is 0 Å². The third-order valence-electron chi connectivity index (χ3n) is 0.849. The van der Waals surface area contributed by atoms with Crippen LogP contribution in [0.4, 0.5) is 0 Å². The summed E-state index contributed by atoms with van der Waals surface area (Å²) in [5.41, 5.74) is 0. The van der Waals surface area contributed by atoms with E-state index in [1.54, 1.807) is 0 Å². The van der Waals surface area contributed by atoms with Gasteiger partial charge in [0.05, 0.1) is 0 Å².